The molecule has 6 heteroatoms. The van der Waals surface area contributed by atoms with Gasteiger partial charge < -0.3 is 10.4 Å². The summed E-state index contributed by atoms with van der Waals surface area (Å²) in [5.41, 5.74) is 0.599. The van der Waals surface area contributed by atoms with E-state index >= 15 is 0 Å². The summed E-state index contributed by atoms with van der Waals surface area (Å²) < 4.78 is 29.8. The number of aliphatic hydroxyl groups excluding tert-OH is 1. The molecule has 108 valence electrons. The molecule has 5 nitrogen and oxygen atoms in total. The van der Waals surface area contributed by atoms with E-state index in [1.54, 1.807) is 0 Å². The minimum absolute atomic E-state index is 0.0478. The average molecular weight is 287 g/mol. The van der Waals surface area contributed by atoms with E-state index in [1.807, 2.05) is 37.3 Å². The summed E-state index contributed by atoms with van der Waals surface area (Å²) in [6.45, 7) is 2.25. The molecule has 3 N–H and O–H groups in total. The highest BCUT2D eigenvalue weighted by Crippen LogP contribution is 2.12. The Kier molecular flexibility index (Phi) is 5.93. The van der Waals surface area contributed by atoms with E-state index in [0.717, 1.165) is 5.56 Å². The summed E-state index contributed by atoms with van der Waals surface area (Å²) in [4.78, 5) is 0. The van der Waals surface area contributed by atoms with Crippen LogP contribution in [0.15, 0.2) is 30.3 Å². The third-order valence-corrected chi connectivity index (χ3v) is 3.72. The molecule has 0 aliphatic heterocycles. The largest absolute Gasteiger partial charge is 0.394 e. The van der Waals surface area contributed by atoms with Gasteiger partial charge in [-0.3, -0.25) is 4.55 Å². The first-order chi connectivity index (χ1) is 8.85. The Bertz CT molecular complexity index is 475. The van der Waals surface area contributed by atoms with Crippen molar-refractivity contribution in [1.82, 2.24) is 5.32 Å². The van der Waals surface area contributed by atoms with E-state index < -0.39 is 15.7 Å². The second-order valence-corrected chi connectivity index (χ2v) is 6.52. The maximum atomic E-state index is 10.6. The second kappa shape index (κ2) is 7.00. The zero-order chi connectivity index (χ0) is 14.4. The van der Waals surface area contributed by atoms with E-state index in [9.17, 15) is 13.5 Å². The normalized spacial score (nSPS) is 15.1. The van der Waals surface area contributed by atoms with Gasteiger partial charge in [0.1, 0.15) is 0 Å². The topological polar surface area (TPSA) is 86.6 Å². The van der Waals surface area contributed by atoms with Crippen molar-refractivity contribution < 1.29 is 18.1 Å². The van der Waals surface area contributed by atoms with Gasteiger partial charge in [-0.05, 0) is 31.9 Å². The highest BCUT2D eigenvalue weighted by Gasteiger charge is 2.22. The molecule has 0 saturated carbocycles. The summed E-state index contributed by atoms with van der Waals surface area (Å²) in [5.74, 6) is -0.271. The van der Waals surface area contributed by atoms with E-state index in [0.29, 0.717) is 19.4 Å². The van der Waals surface area contributed by atoms with Crippen LogP contribution in [0.25, 0.3) is 0 Å². The molecule has 0 aliphatic carbocycles. The number of aliphatic hydroxyl groups is 1. The standard InChI is InChI=1S/C13H21NO4S/c1-13(11-15,10-12-6-3-2-4-7-12)14-8-5-9-19(16,17)18/h2-4,6-7,14-15H,5,8-11H2,1H3,(H,16,17,18). The monoisotopic (exact) mass is 287 g/mol. The first-order valence-corrected chi connectivity index (χ1v) is 7.80. The molecule has 0 saturated heterocycles. The third kappa shape index (κ3) is 6.68. The molecule has 1 rings (SSSR count). The maximum Gasteiger partial charge on any atom is 0.264 e. The molecule has 0 heterocycles. The molecular formula is C13H21NO4S. The molecule has 0 bridgehead atoms. The van der Waals surface area contributed by atoms with Gasteiger partial charge in [-0.1, -0.05) is 30.3 Å². The van der Waals surface area contributed by atoms with Gasteiger partial charge in [-0.15, -0.1) is 0 Å². The summed E-state index contributed by atoms with van der Waals surface area (Å²) in [6.07, 6.45) is 0.958. The van der Waals surface area contributed by atoms with Crippen molar-refractivity contribution >= 4 is 10.1 Å². The lowest BCUT2D eigenvalue weighted by molar-refractivity contribution is 0.174. The molecule has 19 heavy (non-hydrogen) atoms. The van der Waals surface area contributed by atoms with Gasteiger partial charge in [0.2, 0.25) is 0 Å². The van der Waals surface area contributed by atoms with Crippen LogP contribution in [0.3, 0.4) is 0 Å². The molecule has 0 radical (unpaired) electrons. The molecule has 1 aromatic carbocycles. The molecule has 0 aliphatic rings. The van der Waals surface area contributed by atoms with Gasteiger partial charge in [0, 0.05) is 5.54 Å². The van der Waals surface area contributed by atoms with Crippen molar-refractivity contribution in [2.45, 2.75) is 25.3 Å². The van der Waals surface area contributed by atoms with Crippen molar-refractivity contribution in [3.63, 3.8) is 0 Å². The Hall–Kier alpha value is -0.950. The fourth-order valence-corrected chi connectivity index (χ4v) is 2.37. The highest BCUT2D eigenvalue weighted by molar-refractivity contribution is 7.85. The fraction of sp³-hybridized carbons (Fsp3) is 0.538. The molecular weight excluding hydrogens is 266 g/mol. The fourth-order valence-electron chi connectivity index (χ4n) is 1.87. The van der Waals surface area contributed by atoms with Gasteiger partial charge in [0.25, 0.3) is 10.1 Å². The lowest BCUT2D eigenvalue weighted by Gasteiger charge is -2.29. The first-order valence-electron chi connectivity index (χ1n) is 6.20. The molecule has 0 fully saturated rings. The van der Waals surface area contributed by atoms with Crippen LogP contribution < -0.4 is 5.32 Å². The molecule has 0 aromatic heterocycles. The van der Waals surface area contributed by atoms with Crippen LogP contribution in [0.2, 0.25) is 0 Å². The van der Waals surface area contributed by atoms with Crippen LogP contribution in [0.4, 0.5) is 0 Å². The maximum absolute atomic E-state index is 10.6. The minimum atomic E-state index is -3.91. The smallest absolute Gasteiger partial charge is 0.264 e. The zero-order valence-electron chi connectivity index (χ0n) is 11.0. The van der Waals surface area contributed by atoms with E-state index in [-0.39, 0.29) is 12.4 Å². The van der Waals surface area contributed by atoms with Crippen LogP contribution in [-0.2, 0) is 16.5 Å². The quantitative estimate of drug-likeness (QED) is 0.487. The lowest BCUT2D eigenvalue weighted by atomic mass is 9.93. The Balaban J connectivity index is 2.47. The van der Waals surface area contributed by atoms with E-state index in [4.69, 9.17) is 4.55 Å². The third-order valence-electron chi connectivity index (χ3n) is 2.92. The van der Waals surface area contributed by atoms with Crippen LogP contribution in [0.5, 0.6) is 0 Å². The average Bonchev–Trinajstić information content (AvgIpc) is 2.35. The van der Waals surface area contributed by atoms with Crippen molar-refractivity contribution in [3.8, 4) is 0 Å². The first kappa shape index (κ1) is 16.1. The number of benzene rings is 1. The minimum Gasteiger partial charge on any atom is -0.394 e. The van der Waals surface area contributed by atoms with Crippen LogP contribution in [0, 0.1) is 0 Å². The Morgan fingerprint density at radius 1 is 1.26 bits per heavy atom. The Labute approximate surface area is 114 Å². The van der Waals surface area contributed by atoms with Gasteiger partial charge >= 0.3 is 0 Å². The van der Waals surface area contributed by atoms with Crippen molar-refractivity contribution in [2.75, 3.05) is 18.9 Å². The summed E-state index contributed by atoms with van der Waals surface area (Å²) >= 11 is 0. The van der Waals surface area contributed by atoms with Crippen molar-refractivity contribution in [3.05, 3.63) is 35.9 Å². The van der Waals surface area contributed by atoms with E-state index in [2.05, 4.69) is 5.32 Å². The predicted molar refractivity (Wildman–Crippen MR) is 74.7 cm³/mol. The van der Waals surface area contributed by atoms with Crippen LogP contribution >= 0.6 is 0 Å². The molecule has 1 atom stereocenters. The van der Waals surface area contributed by atoms with Crippen molar-refractivity contribution in [2.24, 2.45) is 0 Å². The molecule has 1 unspecified atom stereocenters. The van der Waals surface area contributed by atoms with E-state index in [1.165, 1.54) is 0 Å². The van der Waals surface area contributed by atoms with Gasteiger partial charge in [-0.25, -0.2) is 0 Å². The summed E-state index contributed by atoms with van der Waals surface area (Å²) in [6, 6.07) is 9.76. The van der Waals surface area contributed by atoms with Crippen molar-refractivity contribution in [1.29, 1.82) is 0 Å². The Morgan fingerprint density at radius 3 is 2.42 bits per heavy atom. The van der Waals surface area contributed by atoms with Gasteiger partial charge in [0.15, 0.2) is 0 Å². The Morgan fingerprint density at radius 2 is 1.89 bits per heavy atom. The second-order valence-electron chi connectivity index (χ2n) is 4.95. The van der Waals surface area contributed by atoms with Gasteiger partial charge in [0.05, 0.1) is 12.4 Å². The summed E-state index contributed by atoms with van der Waals surface area (Å²) in [7, 11) is -3.91. The number of nitrogens with one attached hydrogen (secondary N) is 1. The molecule has 0 amide bonds. The molecule has 1 aromatic rings. The SMILES string of the molecule is CC(CO)(Cc1ccccc1)NCCCS(=O)(=O)O. The zero-order valence-corrected chi connectivity index (χ0v) is 11.9. The number of rotatable bonds is 8. The highest BCUT2D eigenvalue weighted by atomic mass is 32.2. The van der Waals surface area contributed by atoms with Crippen LogP contribution in [0.1, 0.15) is 18.9 Å². The lowest BCUT2D eigenvalue weighted by Crippen LogP contribution is -2.48. The molecule has 0 spiro atoms. The van der Waals surface area contributed by atoms with Crippen LogP contribution in [-0.4, -0.2) is 42.5 Å². The summed E-state index contributed by atoms with van der Waals surface area (Å²) in [5, 5.41) is 12.6. The van der Waals surface area contributed by atoms with Gasteiger partial charge in [-0.2, -0.15) is 8.42 Å². The number of hydrogen-bond acceptors (Lipinski definition) is 4. The number of hydrogen-bond donors (Lipinski definition) is 3. The predicted octanol–water partition coefficient (Wildman–Crippen LogP) is 0.848.